The standard InChI is InChI=1S/C13H17N3S2/c1-14-7-10-9-18-13(15-10)16(11-4-5-11)8-12-3-2-6-17-12/h2-3,6,9,11,14H,4-5,7-8H2,1H3. The van der Waals surface area contributed by atoms with Gasteiger partial charge in [0.25, 0.3) is 0 Å². The summed E-state index contributed by atoms with van der Waals surface area (Å²) in [6.07, 6.45) is 2.62. The lowest BCUT2D eigenvalue weighted by Crippen LogP contribution is -2.24. The largest absolute Gasteiger partial charge is 0.340 e. The van der Waals surface area contributed by atoms with Crippen LogP contribution in [0, 0.1) is 0 Å². The molecule has 2 aromatic heterocycles. The summed E-state index contributed by atoms with van der Waals surface area (Å²) in [5.41, 5.74) is 1.15. The van der Waals surface area contributed by atoms with Crippen LogP contribution in [0.15, 0.2) is 22.9 Å². The highest BCUT2D eigenvalue weighted by Gasteiger charge is 2.31. The van der Waals surface area contributed by atoms with Gasteiger partial charge in [0.1, 0.15) is 0 Å². The van der Waals surface area contributed by atoms with Crippen LogP contribution in [-0.2, 0) is 13.1 Å². The lowest BCUT2D eigenvalue weighted by atomic mass is 10.4. The Morgan fingerprint density at radius 2 is 2.33 bits per heavy atom. The molecule has 0 atom stereocenters. The number of thiazole rings is 1. The van der Waals surface area contributed by atoms with E-state index in [0.717, 1.165) is 18.8 Å². The molecule has 0 unspecified atom stereocenters. The van der Waals surface area contributed by atoms with Crippen molar-refractivity contribution in [3.63, 3.8) is 0 Å². The molecule has 3 rings (SSSR count). The van der Waals surface area contributed by atoms with Gasteiger partial charge in [0.15, 0.2) is 5.13 Å². The number of nitrogens with one attached hydrogen (secondary N) is 1. The van der Waals surface area contributed by atoms with Crippen LogP contribution in [0.1, 0.15) is 23.4 Å². The van der Waals surface area contributed by atoms with Gasteiger partial charge in [0.2, 0.25) is 0 Å². The zero-order valence-corrected chi connectivity index (χ0v) is 12.1. The maximum Gasteiger partial charge on any atom is 0.186 e. The lowest BCUT2D eigenvalue weighted by Gasteiger charge is -2.20. The van der Waals surface area contributed by atoms with Gasteiger partial charge in [0.05, 0.1) is 12.2 Å². The molecule has 1 aliphatic rings. The van der Waals surface area contributed by atoms with E-state index in [1.54, 1.807) is 11.3 Å². The Morgan fingerprint density at radius 1 is 1.44 bits per heavy atom. The highest BCUT2D eigenvalue weighted by molar-refractivity contribution is 7.13. The van der Waals surface area contributed by atoms with Crippen molar-refractivity contribution in [2.75, 3.05) is 11.9 Å². The number of rotatable bonds is 6. The number of anilines is 1. The van der Waals surface area contributed by atoms with E-state index in [1.165, 1.54) is 22.9 Å². The average molecular weight is 279 g/mol. The molecule has 1 aliphatic carbocycles. The van der Waals surface area contributed by atoms with Crippen molar-refractivity contribution in [1.82, 2.24) is 10.3 Å². The molecule has 0 bridgehead atoms. The minimum atomic E-state index is 0.709. The Kier molecular flexibility index (Phi) is 3.63. The van der Waals surface area contributed by atoms with Gasteiger partial charge in [-0.25, -0.2) is 4.98 Å². The smallest absolute Gasteiger partial charge is 0.186 e. The van der Waals surface area contributed by atoms with E-state index in [0.29, 0.717) is 6.04 Å². The van der Waals surface area contributed by atoms with E-state index < -0.39 is 0 Å². The van der Waals surface area contributed by atoms with Gasteiger partial charge >= 0.3 is 0 Å². The van der Waals surface area contributed by atoms with E-state index in [-0.39, 0.29) is 0 Å². The molecule has 5 heteroatoms. The predicted octanol–water partition coefficient (Wildman–Crippen LogP) is 3.09. The second-order valence-electron chi connectivity index (χ2n) is 4.59. The summed E-state index contributed by atoms with van der Waals surface area (Å²) >= 11 is 3.60. The van der Waals surface area contributed by atoms with Crippen molar-refractivity contribution >= 4 is 27.8 Å². The highest BCUT2D eigenvalue weighted by Crippen LogP contribution is 2.35. The summed E-state index contributed by atoms with van der Waals surface area (Å²) < 4.78 is 0. The number of nitrogens with zero attached hydrogens (tertiary/aromatic N) is 2. The highest BCUT2D eigenvalue weighted by atomic mass is 32.1. The molecule has 18 heavy (non-hydrogen) atoms. The summed E-state index contributed by atoms with van der Waals surface area (Å²) in [6.45, 7) is 1.86. The molecule has 0 radical (unpaired) electrons. The summed E-state index contributed by atoms with van der Waals surface area (Å²) in [7, 11) is 1.96. The van der Waals surface area contributed by atoms with Crippen molar-refractivity contribution in [1.29, 1.82) is 0 Å². The molecular weight excluding hydrogens is 262 g/mol. The van der Waals surface area contributed by atoms with Crippen molar-refractivity contribution in [2.24, 2.45) is 0 Å². The summed E-state index contributed by atoms with van der Waals surface area (Å²) in [4.78, 5) is 8.62. The number of hydrogen-bond donors (Lipinski definition) is 1. The number of hydrogen-bond acceptors (Lipinski definition) is 5. The van der Waals surface area contributed by atoms with Gasteiger partial charge in [-0.2, -0.15) is 0 Å². The molecule has 0 amide bonds. The maximum absolute atomic E-state index is 4.73. The SMILES string of the molecule is CNCc1csc(N(Cc2cccs2)C2CC2)n1. The zero-order valence-electron chi connectivity index (χ0n) is 10.4. The monoisotopic (exact) mass is 279 g/mol. The van der Waals surface area contributed by atoms with Crippen LogP contribution >= 0.6 is 22.7 Å². The third kappa shape index (κ3) is 2.74. The van der Waals surface area contributed by atoms with E-state index in [1.807, 2.05) is 18.4 Å². The molecule has 96 valence electrons. The van der Waals surface area contributed by atoms with Crippen molar-refractivity contribution < 1.29 is 0 Å². The van der Waals surface area contributed by atoms with Gasteiger partial charge in [0, 0.05) is 22.8 Å². The fourth-order valence-corrected chi connectivity index (χ4v) is 3.60. The average Bonchev–Trinajstić information content (AvgIpc) is 2.89. The van der Waals surface area contributed by atoms with Gasteiger partial charge < -0.3 is 10.2 Å². The van der Waals surface area contributed by atoms with Crippen molar-refractivity contribution in [3.05, 3.63) is 33.5 Å². The van der Waals surface area contributed by atoms with Crippen LogP contribution in [-0.4, -0.2) is 18.1 Å². The van der Waals surface area contributed by atoms with E-state index in [2.05, 4.69) is 33.1 Å². The first-order valence-electron chi connectivity index (χ1n) is 6.25. The molecule has 2 aromatic rings. The zero-order chi connectivity index (χ0) is 12.4. The topological polar surface area (TPSA) is 28.2 Å². The number of thiophene rings is 1. The first kappa shape index (κ1) is 12.1. The second-order valence-corrected chi connectivity index (χ2v) is 6.46. The molecule has 0 saturated heterocycles. The van der Waals surface area contributed by atoms with Gasteiger partial charge in [-0.3, -0.25) is 0 Å². The van der Waals surface area contributed by atoms with Crippen LogP contribution in [0.4, 0.5) is 5.13 Å². The lowest BCUT2D eigenvalue weighted by molar-refractivity contribution is 0.772. The maximum atomic E-state index is 4.73. The fourth-order valence-electron chi connectivity index (χ4n) is 2.00. The molecule has 1 N–H and O–H groups in total. The first-order valence-corrected chi connectivity index (χ1v) is 8.01. The molecule has 0 aromatic carbocycles. The minimum absolute atomic E-state index is 0.709. The van der Waals surface area contributed by atoms with Crippen LogP contribution < -0.4 is 10.2 Å². The molecule has 2 heterocycles. The number of aromatic nitrogens is 1. The van der Waals surface area contributed by atoms with Gasteiger partial charge in [-0.05, 0) is 31.3 Å². The molecule has 1 saturated carbocycles. The minimum Gasteiger partial charge on any atom is -0.340 e. The summed E-state index contributed by atoms with van der Waals surface area (Å²) in [6, 6.07) is 5.04. The Morgan fingerprint density at radius 3 is 3.00 bits per heavy atom. The first-order chi connectivity index (χ1) is 8.86. The third-order valence-corrected chi connectivity index (χ3v) is 4.82. The Bertz CT molecular complexity index is 488. The van der Waals surface area contributed by atoms with E-state index >= 15 is 0 Å². The fraction of sp³-hybridized carbons (Fsp3) is 0.462. The molecule has 1 fully saturated rings. The summed E-state index contributed by atoms with van der Waals surface area (Å²) in [5, 5.41) is 8.64. The van der Waals surface area contributed by atoms with E-state index in [4.69, 9.17) is 4.98 Å². The van der Waals surface area contributed by atoms with Crippen LogP contribution in [0.5, 0.6) is 0 Å². The molecule has 3 nitrogen and oxygen atoms in total. The Balaban J connectivity index is 1.76. The molecular formula is C13H17N3S2. The van der Waals surface area contributed by atoms with Crippen molar-refractivity contribution in [2.45, 2.75) is 32.0 Å². The van der Waals surface area contributed by atoms with Crippen LogP contribution in [0.2, 0.25) is 0 Å². The van der Waals surface area contributed by atoms with Crippen LogP contribution in [0.3, 0.4) is 0 Å². The quantitative estimate of drug-likeness (QED) is 0.880. The van der Waals surface area contributed by atoms with Gasteiger partial charge in [-0.1, -0.05) is 6.07 Å². The Hall–Kier alpha value is -0.910. The normalized spacial score (nSPS) is 14.9. The Labute approximate surface area is 115 Å². The van der Waals surface area contributed by atoms with Crippen LogP contribution in [0.25, 0.3) is 0 Å². The molecule has 0 spiro atoms. The van der Waals surface area contributed by atoms with Gasteiger partial charge in [-0.15, -0.1) is 22.7 Å². The third-order valence-electron chi connectivity index (χ3n) is 3.04. The van der Waals surface area contributed by atoms with E-state index in [9.17, 15) is 0 Å². The second kappa shape index (κ2) is 5.38. The molecule has 0 aliphatic heterocycles. The summed E-state index contributed by atoms with van der Waals surface area (Å²) in [5.74, 6) is 0. The predicted molar refractivity (Wildman–Crippen MR) is 78.4 cm³/mol. The van der Waals surface area contributed by atoms with Crippen molar-refractivity contribution in [3.8, 4) is 0 Å².